The highest BCUT2D eigenvalue weighted by atomic mass is 32.3. The third-order valence-corrected chi connectivity index (χ3v) is 11.3. The zero-order valence-electron chi connectivity index (χ0n) is 17.0. The molecule has 3 rings (SSSR count). The minimum atomic E-state index is -4.23. The summed E-state index contributed by atoms with van der Waals surface area (Å²) in [6.45, 7) is 9.54. The third-order valence-electron chi connectivity index (χ3n) is 5.66. The van der Waals surface area contributed by atoms with Crippen molar-refractivity contribution >= 4 is 19.7 Å². The van der Waals surface area contributed by atoms with Gasteiger partial charge in [-0.1, -0.05) is 66.3 Å². The summed E-state index contributed by atoms with van der Waals surface area (Å²) < 4.78 is 53.6. The molecule has 0 bridgehead atoms. The number of rotatable bonds is 7. The van der Waals surface area contributed by atoms with E-state index in [0.29, 0.717) is 6.42 Å². The number of benzene rings is 2. The summed E-state index contributed by atoms with van der Waals surface area (Å²) in [6.07, 6.45) is 3.98. The molecule has 6 heteroatoms. The van der Waals surface area contributed by atoms with Gasteiger partial charge < -0.3 is 0 Å². The zero-order valence-corrected chi connectivity index (χ0v) is 18.6. The molecule has 158 valence electrons. The van der Waals surface area contributed by atoms with Crippen molar-refractivity contribution < 1.29 is 16.8 Å². The Labute approximate surface area is 179 Å². The van der Waals surface area contributed by atoms with Gasteiger partial charge in [0, 0.05) is 12.3 Å². The zero-order chi connectivity index (χ0) is 22.0. The molecule has 1 fully saturated rings. The van der Waals surface area contributed by atoms with E-state index >= 15 is 0 Å². The summed E-state index contributed by atoms with van der Waals surface area (Å²) in [5.41, 5.74) is 1.53. The minimum absolute atomic E-state index is 0.00921. The van der Waals surface area contributed by atoms with Crippen molar-refractivity contribution in [2.75, 3.05) is 0 Å². The molecule has 4 nitrogen and oxygen atoms in total. The van der Waals surface area contributed by atoms with Crippen LogP contribution in [0.1, 0.15) is 26.2 Å². The smallest absolute Gasteiger partial charge is 0.199 e. The van der Waals surface area contributed by atoms with Crippen LogP contribution in [0, 0.1) is 5.92 Å². The fraction of sp³-hybridized carbons (Fsp3) is 0.250. The first kappa shape index (κ1) is 22.2. The lowest BCUT2D eigenvalue weighted by molar-refractivity contribution is 0.533. The van der Waals surface area contributed by atoms with Crippen LogP contribution >= 0.6 is 0 Å². The first-order valence-corrected chi connectivity index (χ1v) is 12.7. The highest BCUT2D eigenvalue weighted by Crippen LogP contribution is 2.53. The Morgan fingerprint density at radius 2 is 1.43 bits per heavy atom. The third kappa shape index (κ3) is 3.59. The van der Waals surface area contributed by atoms with Crippen molar-refractivity contribution in [3.05, 3.63) is 97.1 Å². The van der Waals surface area contributed by atoms with Crippen LogP contribution in [-0.2, 0) is 19.7 Å². The number of sulfone groups is 2. The summed E-state index contributed by atoms with van der Waals surface area (Å²) in [6, 6.07) is 15.7. The van der Waals surface area contributed by atoms with E-state index in [9.17, 15) is 16.8 Å². The predicted molar refractivity (Wildman–Crippen MR) is 120 cm³/mol. The molecule has 0 saturated heterocycles. The van der Waals surface area contributed by atoms with Crippen molar-refractivity contribution in [1.29, 1.82) is 0 Å². The standard InChI is InChI=1S/C24H26O4S2/c1-4-5-12-20-17-24(18-23(20)19(2)3,29(25,26)21-13-8-6-9-14-21)30(27,28)22-15-10-7-11-16-22/h4,6-16,23H,1-2,5,17-18H2,3H3/b20-12+. The Morgan fingerprint density at radius 3 is 1.83 bits per heavy atom. The summed E-state index contributed by atoms with van der Waals surface area (Å²) in [7, 11) is -8.45. The largest absolute Gasteiger partial charge is 0.222 e. The summed E-state index contributed by atoms with van der Waals surface area (Å²) >= 11 is 0. The van der Waals surface area contributed by atoms with E-state index in [0.717, 1.165) is 11.1 Å². The van der Waals surface area contributed by atoms with Crippen molar-refractivity contribution in [3.63, 3.8) is 0 Å². The summed E-state index contributed by atoms with van der Waals surface area (Å²) in [5.74, 6) is -0.332. The van der Waals surface area contributed by atoms with Gasteiger partial charge >= 0.3 is 0 Å². The molecule has 2 aromatic carbocycles. The highest BCUT2D eigenvalue weighted by molar-refractivity contribution is 8.10. The molecule has 1 saturated carbocycles. The molecule has 1 aliphatic rings. The van der Waals surface area contributed by atoms with Crippen LogP contribution in [0.2, 0.25) is 0 Å². The summed E-state index contributed by atoms with van der Waals surface area (Å²) in [5, 5.41) is 0. The molecule has 0 aliphatic heterocycles. The Bertz CT molecular complexity index is 1110. The van der Waals surface area contributed by atoms with Gasteiger partial charge in [0.25, 0.3) is 0 Å². The lowest BCUT2D eigenvalue weighted by atomic mass is 9.95. The van der Waals surface area contributed by atoms with E-state index in [1.165, 1.54) is 24.3 Å². The summed E-state index contributed by atoms with van der Waals surface area (Å²) in [4.78, 5) is 0.0184. The van der Waals surface area contributed by atoms with Crippen LogP contribution in [0.5, 0.6) is 0 Å². The van der Waals surface area contributed by atoms with Gasteiger partial charge in [0.05, 0.1) is 9.79 Å². The molecule has 30 heavy (non-hydrogen) atoms. The van der Waals surface area contributed by atoms with Gasteiger partial charge in [0.2, 0.25) is 0 Å². The molecule has 0 radical (unpaired) electrons. The van der Waals surface area contributed by atoms with E-state index in [2.05, 4.69) is 13.2 Å². The van der Waals surface area contributed by atoms with E-state index in [1.54, 1.807) is 42.5 Å². The molecule has 0 spiro atoms. The molecular formula is C24H26O4S2. The topological polar surface area (TPSA) is 68.3 Å². The Hall–Kier alpha value is -2.44. The first-order valence-electron chi connectivity index (χ1n) is 9.72. The van der Waals surface area contributed by atoms with Crippen molar-refractivity contribution in [2.24, 2.45) is 5.92 Å². The Morgan fingerprint density at radius 1 is 0.967 bits per heavy atom. The Balaban J connectivity index is 2.31. The maximum Gasteiger partial charge on any atom is 0.199 e. The molecule has 1 unspecified atom stereocenters. The lowest BCUT2D eigenvalue weighted by Crippen LogP contribution is -2.44. The average molecular weight is 443 g/mol. The quantitative estimate of drug-likeness (QED) is 0.558. The molecule has 1 aliphatic carbocycles. The fourth-order valence-electron chi connectivity index (χ4n) is 4.07. The van der Waals surface area contributed by atoms with Gasteiger partial charge in [-0.05, 0) is 44.0 Å². The highest BCUT2D eigenvalue weighted by Gasteiger charge is 2.61. The molecule has 2 aromatic rings. The van der Waals surface area contributed by atoms with Crippen molar-refractivity contribution in [3.8, 4) is 0 Å². The van der Waals surface area contributed by atoms with Crippen LogP contribution in [0.3, 0.4) is 0 Å². The van der Waals surface area contributed by atoms with Crippen LogP contribution in [-0.4, -0.2) is 20.9 Å². The van der Waals surface area contributed by atoms with Gasteiger partial charge in [0.15, 0.2) is 23.8 Å². The van der Waals surface area contributed by atoms with Gasteiger partial charge in [0.1, 0.15) is 0 Å². The van der Waals surface area contributed by atoms with Gasteiger partial charge in [-0.25, -0.2) is 16.8 Å². The molecule has 0 aromatic heterocycles. The Kier molecular flexibility index (Phi) is 6.20. The lowest BCUT2D eigenvalue weighted by Gasteiger charge is -2.29. The second-order valence-electron chi connectivity index (χ2n) is 7.63. The van der Waals surface area contributed by atoms with Crippen LogP contribution in [0.15, 0.2) is 107 Å². The van der Waals surface area contributed by atoms with Crippen LogP contribution in [0.25, 0.3) is 0 Å². The van der Waals surface area contributed by atoms with Gasteiger partial charge in [-0.2, -0.15) is 0 Å². The van der Waals surface area contributed by atoms with Gasteiger partial charge in [-0.15, -0.1) is 6.58 Å². The van der Waals surface area contributed by atoms with Crippen molar-refractivity contribution in [2.45, 2.75) is 40.1 Å². The van der Waals surface area contributed by atoms with Crippen molar-refractivity contribution in [1.82, 2.24) is 0 Å². The second-order valence-corrected chi connectivity index (χ2v) is 12.4. The molecule has 1 atom stereocenters. The van der Waals surface area contributed by atoms with Gasteiger partial charge in [-0.3, -0.25) is 0 Å². The first-order chi connectivity index (χ1) is 14.2. The van der Waals surface area contributed by atoms with E-state index in [-0.39, 0.29) is 28.6 Å². The number of allylic oxidation sites excluding steroid dienone is 4. The fourth-order valence-corrected chi connectivity index (χ4v) is 9.18. The molecule has 0 N–H and O–H groups in total. The van der Waals surface area contributed by atoms with E-state index < -0.39 is 23.8 Å². The SMILES string of the molecule is C=CC/C=C1\CC(S(=O)(=O)c2ccccc2)(S(=O)(=O)c2ccccc2)CC1C(=C)C. The van der Waals surface area contributed by atoms with Crippen LogP contribution in [0.4, 0.5) is 0 Å². The molecular weight excluding hydrogens is 416 g/mol. The van der Waals surface area contributed by atoms with E-state index in [4.69, 9.17) is 0 Å². The predicted octanol–water partition coefficient (Wildman–Crippen LogP) is 5.12. The average Bonchev–Trinajstić information content (AvgIpc) is 3.16. The maximum atomic E-state index is 13.9. The molecule has 0 amide bonds. The monoisotopic (exact) mass is 442 g/mol. The number of hydrogen-bond donors (Lipinski definition) is 0. The van der Waals surface area contributed by atoms with Crippen LogP contribution < -0.4 is 0 Å². The normalized spacial score (nSPS) is 20.2. The van der Waals surface area contributed by atoms with E-state index in [1.807, 2.05) is 13.0 Å². The number of hydrogen-bond acceptors (Lipinski definition) is 4. The maximum absolute atomic E-state index is 13.9. The minimum Gasteiger partial charge on any atom is -0.222 e. The molecule has 0 heterocycles. The second kappa shape index (κ2) is 8.36.